The summed E-state index contributed by atoms with van der Waals surface area (Å²) in [7, 11) is -3.67. The Kier molecular flexibility index (Phi) is 6.58. The van der Waals surface area contributed by atoms with Crippen molar-refractivity contribution in [3.8, 4) is 0 Å². The molecule has 1 aliphatic heterocycles. The Hall–Kier alpha value is -0.310. The zero-order valence-corrected chi connectivity index (χ0v) is 13.0. The first-order chi connectivity index (χ1) is 8.95. The number of aliphatic carboxylic acids is 1. The number of thioether (sulfide) groups is 1. The highest BCUT2D eigenvalue weighted by Gasteiger charge is 2.39. The first kappa shape index (κ1) is 16.7. The molecule has 0 aromatic heterocycles. The lowest BCUT2D eigenvalue weighted by Gasteiger charge is -2.35. The van der Waals surface area contributed by atoms with Gasteiger partial charge in [0.1, 0.15) is 6.04 Å². The lowest BCUT2D eigenvalue weighted by atomic mass is 10.3. The van der Waals surface area contributed by atoms with Crippen LogP contribution in [-0.2, 0) is 15.0 Å². The van der Waals surface area contributed by atoms with Gasteiger partial charge < -0.3 is 5.11 Å². The molecular weight excluding hydrogens is 288 g/mol. The zero-order chi connectivity index (χ0) is 14.5. The van der Waals surface area contributed by atoms with Gasteiger partial charge >= 0.3 is 5.97 Å². The maximum absolute atomic E-state index is 12.6. The van der Waals surface area contributed by atoms with Gasteiger partial charge in [-0.1, -0.05) is 13.8 Å². The topological polar surface area (TPSA) is 77.9 Å². The Morgan fingerprint density at radius 3 is 2.42 bits per heavy atom. The lowest BCUT2D eigenvalue weighted by Crippen LogP contribution is -2.55. The van der Waals surface area contributed by atoms with Crippen molar-refractivity contribution >= 4 is 27.9 Å². The number of carbonyl (C=O) groups is 1. The van der Waals surface area contributed by atoms with Gasteiger partial charge in [-0.05, 0) is 12.8 Å². The molecule has 6 nitrogen and oxygen atoms in total. The molecule has 8 heteroatoms. The van der Waals surface area contributed by atoms with Crippen molar-refractivity contribution in [2.24, 2.45) is 0 Å². The molecular formula is C11H22N2O4S2. The van der Waals surface area contributed by atoms with E-state index in [4.69, 9.17) is 0 Å². The largest absolute Gasteiger partial charge is 0.480 e. The second-order valence-electron chi connectivity index (χ2n) is 4.45. The van der Waals surface area contributed by atoms with Crippen LogP contribution in [0.15, 0.2) is 0 Å². The van der Waals surface area contributed by atoms with E-state index >= 15 is 0 Å². The molecule has 0 aromatic rings. The minimum absolute atomic E-state index is 0.272. The van der Waals surface area contributed by atoms with Crippen molar-refractivity contribution in [2.75, 3.05) is 31.1 Å². The Balaban J connectivity index is 2.96. The van der Waals surface area contributed by atoms with Crippen LogP contribution in [-0.4, -0.2) is 65.3 Å². The highest BCUT2D eigenvalue weighted by molar-refractivity contribution is 7.99. The minimum atomic E-state index is -3.67. The summed E-state index contributed by atoms with van der Waals surface area (Å²) in [4.78, 5) is 11.2. The van der Waals surface area contributed by atoms with Gasteiger partial charge in [0, 0.05) is 31.1 Å². The van der Waals surface area contributed by atoms with Gasteiger partial charge in [-0.2, -0.15) is 28.8 Å². The van der Waals surface area contributed by atoms with E-state index in [9.17, 15) is 18.3 Å². The molecule has 0 radical (unpaired) electrons. The lowest BCUT2D eigenvalue weighted by molar-refractivity contribution is -0.140. The molecule has 1 atom stereocenters. The van der Waals surface area contributed by atoms with E-state index in [1.54, 1.807) is 0 Å². The summed E-state index contributed by atoms with van der Waals surface area (Å²) in [5.74, 6) is -0.0980. The van der Waals surface area contributed by atoms with Gasteiger partial charge in [0.15, 0.2) is 0 Å². The molecule has 19 heavy (non-hydrogen) atoms. The van der Waals surface area contributed by atoms with E-state index in [0.29, 0.717) is 24.6 Å². The molecule has 0 aliphatic carbocycles. The Bertz CT molecular complexity index is 393. The number of hydrogen-bond acceptors (Lipinski definition) is 4. The first-order valence-corrected chi connectivity index (χ1v) is 9.07. The van der Waals surface area contributed by atoms with Gasteiger partial charge in [0.25, 0.3) is 10.2 Å². The van der Waals surface area contributed by atoms with Crippen molar-refractivity contribution in [3.63, 3.8) is 0 Å². The average Bonchev–Trinajstić information content (AvgIpc) is 2.38. The van der Waals surface area contributed by atoms with E-state index < -0.39 is 22.2 Å². The first-order valence-electron chi connectivity index (χ1n) is 6.52. The fourth-order valence-corrected chi connectivity index (χ4v) is 5.23. The molecule has 1 saturated heterocycles. The number of hydrogen-bond donors (Lipinski definition) is 1. The molecule has 1 unspecified atom stereocenters. The van der Waals surface area contributed by atoms with Crippen molar-refractivity contribution in [1.82, 2.24) is 8.61 Å². The van der Waals surface area contributed by atoms with Crippen LogP contribution in [0.3, 0.4) is 0 Å². The molecule has 1 fully saturated rings. The standard InChI is InChI=1S/C11H22N2O4S2/c1-3-5-12(6-4-2)19(16,17)13-7-8-18-9-10(13)11(14)15/h10H,3-9H2,1-2H3,(H,14,15). The smallest absolute Gasteiger partial charge is 0.322 e. The van der Waals surface area contributed by atoms with Crippen LogP contribution in [0, 0.1) is 0 Å². The van der Waals surface area contributed by atoms with Crippen molar-refractivity contribution in [3.05, 3.63) is 0 Å². The summed E-state index contributed by atoms with van der Waals surface area (Å²) in [5.41, 5.74) is 0. The summed E-state index contributed by atoms with van der Waals surface area (Å²) in [5, 5.41) is 9.18. The predicted octanol–water partition coefficient (Wildman–Crippen LogP) is 0.855. The monoisotopic (exact) mass is 310 g/mol. The van der Waals surface area contributed by atoms with E-state index in [1.807, 2.05) is 13.8 Å². The maximum Gasteiger partial charge on any atom is 0.322 e. The minimum Gasteiger partial charge on any atom is -0.480 e. The molecule has 0 saturated carbocycles. The third kappa shape index (κ3) is 4.08. The zero-order valence-electron chi connectivity index (χ0n) is 11.4. The molecule has 0 amide bonds. The molecule has 0 spiro atoms. The van der Waals surface area contributed by atoms with Crippen molar-refractivity contribution in [1.29, 1.82) is 0 Å². The van der Waals surface area contributed by atoms with E-state index in [0.717, 1.165) is 17.1 Å². The number of carboxylic acids is 1. The van der Waals surface area contributed by atoms with Gasteiger partial charge in [-0.25, -0.2) is 0 Å². The summed E-state index contributed by atoms with van der Waals surface area (Å²) >= 11 is 1.48. The van der Waals surface area contributed by atoms with Crippen LogP contribution in [0.25, 0.3) is 0 Å². The predicted molar refractivity (Wildman–Crippen MR) is 76.5 cm³/mol. The SMILES string of the molecule is CCCN(CCC)S(=O)(=O)N1CCSCC1C(=O)O. The van der Waals surface area contributed by atoms with Crippen molar-refractivity contribution in [2.45, 2.75) is 32.7 Å². The number of nitrogens with zero attached hydrogens (tertiary/aromatic N) is 2. The molecule has 112 valence electrons. The molecule has 0 bridgehead atoms. The highest BCUT2D eigenvalue weighted by Crippen LogP contribution is 2.22. The summed E-state index contributed by atoms with van der Waals surface area (Å²) in [6.07, 6.45) is 1.44. The van der Waals surface area contributed by atoms with Gasteiger partial charge in [-0.15, -0.1) is 0 Å². The number of carboxylic acid groups (broad SMARTS) is 1. The van der Waals surface area contributed by atoms with Crippen LogP contribution in [0.1, 0.15) is 26.7 Å². The quantitative estimate of drug-likeness (QED) is 0.754. The molecule has 0 aromatic carbocycles. The Morgan fingerprint density at radius 2 is 1.95 bits per heavy atom. The number of rotatable bonds is 7. The van der Waals surface area contributed by atoms with E-state index in [1.165, 1.54) is 16.1 Å². The second kappa shape index (κ2) is 7.47. The van der Waals surface area contributed by atoms with Crippen LogP contribution < -0.4 is 0 Å². The summed E-state index contributed by atoms with van der Waals surface area (Å²) in [6.45, 7) is 4.98. The van der Waals surface area contributed by atoms with Crippen LogP contribution in [0.2, 0.25) is 0 Å². The third-order valence-electron chi connectivity index (χ3n) is 2.93. The fraction of sp³-hybridized carbons (Fsp3) is 0.909. The summed E-state index contributed by atoms with van der Waals surface area (Å²) in [6, 6.07) is -0.944. The van der Waals surface area contributed by atoms with Crippen LogP contribution in [0.5, 0.6) is 0 Å². The second-order valence-corrected chi connectivity index (χ2v) is 7.48. The highest BCUT2D eigenvalue weighted by atomic mass is 32.2. The summed E-state index contributed by atoms with van der Waals surface area (Å²) < 4.78 is 27.7. The average molecular weight is 310 g/mol. The van der Waals surface area contributed by atoms with Gasteiger partial charge in [0.05, 0.1) is 0 Å². The molecule has 1 aliphatic rings. The van der Waals surface area contributed by atoms with Gasteiger partial charge in [-0.3, -0.25) is 4.79 Å². The van der Waals surface area contributed by atoms with E-state index in [2.05, 4.69) is 0 Å². The van der Waals surface area contributed by atoms with E-state index in [-0.39, 0.29) is 6.54 Å². The van der Waals surface area contributed by atoms with Crippen LogP contribution >= 0.6 is 11.8 Å². The van der Waals surface area contributed by atoms with Crippen LogP contribution in [0.4, 0.5) is 0 Å². The normalized spacial score (nSPS) is 21.7. The van der Waals surface area contributed by atoms with Gasteiger partial charge in [0.2, 0.25) is 0 Å². The van der Waals surface area contributed by atoms with Crippen molar-refractivity contribution < 1.29 is 18.3 Å². The molecule has 1 rings (SSSR count). The molecule has 1 N–H and O–H groups in total. The maximum atomic E-state index is 12.6. The molecule has 1 heterocycles. The Labute approximate surface area is 119 Å². The third-order valence-corrected chi connectivity index (χ3v) is 6.00. The fourth-order valence-electron chi connectivity index (χ4n) is 2.05. The Morgan fingerprint density at radius 1 is 1.37 bits per heavy atom.